The van der Waals surface area contributed by atoms with Crippen LogP contribution in [0, 0.1) is 0 Å². The van der Waals surface area contributed by atoms with Gasteiger partial charge >= 0.3 is 0 Å². The molecule has 2 aliphatic heterocycles. The second-order valence-corrected chi connectivity index (χ2v) is 8.91. The predicted octanol–water partition coefficient (Wildman–Crippen LogP) is 3.45. The lowest BCUT2D eigenvalue weighted by atomic mass is 10.2. The fraction of sp³-hybridized carbons (Fsp3) is 0.240. The second kappa shape index (κ2) is 10.1. The molecular weight excluding hydrogens is 470 g/mol. The summed E-state index contributed by atoms with van der Waals surface area (Å²) in [6.45, 7) is 0.862. The number of fused-ring (bicyclic) bond motifs is 2. The van der Waals surface area contributed by atoms with E-state index in [1.54, 1.807) is 48.5 Å². The van der Waals surface area contributed by atoms with Gasteiger partial charge in [-0.1, -0.05) is 23.9 Å². The Bertz CT molecular complexity index is 1250. The van der Waals surface area contributed by atoms with E-state index in [4.69, 9.17) is 18.9 Å². The fourth-order valence-electron chi connectivity index (χ4n) is 3.72. The molecule has 1 atom stereocenters. The Morgan fingerprint density at radius 2 is 1.83 bits per heavy atom. The molecular formula is C25H23N3O6S. The second-order valence-electron chi connectivity index (χ2n) is 7.94. The number of benzene rings is 2. The zero-order chi connectivity index (χ0) is 24.2. The number of nitrogens with zero attached hydrogens (tertiary/aromatic N) is 2. The van der Waals surface area contributed by atoms with Crippen molar-refractivity contribution in [3.63, 3.8) is 0 Å². The van der Waals surface area contributed by atoms with Crippen LogP contribution in [0.5, 0.6) is 23.0 Å². The molecule has 1 aromatic heterocycles. The number of rotatable bonds is 7. The minimum absolute atomic E-state index is 0.0891. The highest BCUT2D eigenvalue weighted by atomic mass is 32.2. The fourth-order valence-corrected chi connectivity index (χ4v) is 4.51. The number of carbonyl (C=O) groups excluding carboxylic acids is 2. The van der Waals surface area contributed by atoms with Crippen LogP contribution in [0.1, 0.15) is 10.4 Å². The van der Waals surface area contributed by atoms with E-state index < -0.39 is 0 Å². The first kappa shape index (κ1) is 22.9. The minimum atomic E-state index is -0.292. The molecule has 10 heteroatoms. The molecule has 2 aliphatic rings. The summed E-state index contributed by atoms with van der Waals surface area (Å²) in [5.41, 5.74) is 1.03. The van der Waals surface area contributed by atoms with E-state index in [1.807, 2.05) is 24.3 Å². The third-order valence-electron chi connectivity index (χ3n) is 5.39. The molecule has 180 valence electrons. The van der Waals surface area contributed by atoms with Crippen molar-refractivity contribution in [3.05, 3.63) is 66.4 Å². The number of carbonyl (C=O) groups is 2. The lowest BCUT2D eigenvalue weighted by Gasteiger charge is -2.29. The van der Waals surface area contributed by atoms with Crippen LogP contribution in [0.2, 0.25) is 0 Å². The van der Waals surface area contributed by atoms with Gasteiger partial charge < -0.3 is 29.2 Å². The van der Waals surface area contributed by atoms with Crippen molar-refractivity contribution >= 4 is 29.3 Å². The highest BCUT2D eigenvalue weighted by Crippen LogP contribution is 2.34. The highest BCUT2D eigenvalue weighted by molar-refractivity contribution is 8.00. The number of likely N-dealkylation sites (N-methyl/N-ethyl adjacent to an activating group) is 1. The molecule has 0 saturated heterocycles. The molecule has 3 aromatic rings. The molecule has 2 amide bonds. The first-order valence-electron chi connectivity index (χ1n) is 11.0. The van der Waals surface area contributed by atoms with E-state index in [9.17, 15) is 9.59 Å². The van der Waals surface area contributed by atoms with Gasteiger partial charge in [0.2, 0.25) is 12.7 Å². The third-order valence-corrected chi connectivity index (χ3v) is 6.39. The van der Waals surface area contributed by atoms with Gasteiger partial charge in [0.25, 0.3) is 5.91 Å². The van der Waals surface area contributed by atoms with E-state index in [1.165, 1.54) is 11.8 Å². The number of ether oxygens (including phenoxy) is 4. The summed E-state index contributed by atoms with van der Waals surface area (Å²) in [6.07, 6.45) is 1.31. The number of nitrogens with one attached hydrogen (secondary N) is 1. The quantitative estimate of drug-likeness (QED) is 0.500. The Morgan fingerprint density at radius 1 is 1.03 bits per heavy atom. The van der Waals surface area contributed by atoms with Crippen LogP contribution in [0.25, 0.3) is 0 Å². The normalized spacial score (nSPS) is 15.4. The van der Waals surface area contributed by atoms with E-state index in [0.717, 1.165) is 0 Å². The topological polar surface area (TPSA) is 99.2 Å². The number of aromatic nitrogens is 1. The van der Waals surface area contributed by atoms with Crippen molar-refractivity contribution in [2.75, 3.05) is 38.1 Å². The van der Waals surface area contributed by atoms with Crippen LogP contribution in [-0.4, -0.2) is 60.5 Å². The third kappa shape index (κ3) is 5.27. The molecule has 0 bridgehead atoms. The van der Waals surface area contributed by atoms with Crippen LogP contribution in [0.4, 0.5) is 5.69 Å². The zero-order valence-corrected chi connectivity index (χ0v) is 19.7. The number of pyridine rings is 1. The van der Waals surface area contributed by atoms with E-state index >= 15 is 0 Å². The van der Waals surface area contributed by atoms with Gasteiger partial charge in [-0.25, -0.2) is 4.98 Å². The summed E-state index contributed by atoms with van der Waals surface area (Å²) >= 11 is 1.20. The molecule has 3 heterocycles. The van der Waals surface area contributed by atoms with Crippen molar-refractivity contribution in [1.82, 2.24) is 9.88 Å². The molecule has 0 fully saturated rings. The van der Waals surface area contributed by atoms with Crippen LogP contribution < -0.4 is 24.3 Å². The van der Waals surface area contributed by atoms with E-state index in [-0.39, 0.29) is 30.5 Å². The summed E-state index contributed by atoms with van der Waals surface area (Å²) in [5, 5.41) is 3.31. The highest BCUT2D eigenvalue weighted by Gasteiger charge is 2.25. The lowest BCUT2D eigenvalue weighted by Crippen LogP contribution is -2.42. The van der Waals surface area contributed by atoms with Crippen LogP contribution >= 0.6 is 11.8 Å². The number of anilines is 1. The maximum atomic E-state index is 13.2. The van der Waals surface area contributed by atoms with E-state index in [2.05, 4.69) is 10.3 Å². The Kier molecular flexibility index (Phi) is 6.62. The van der Waals surface area contributed by atoms with Gasteiger partial charge in [-0.05, 0) is 36.4 Å². The molecule has 2 aromatic carbocycles. The molecule has 5 rings (SSSR count). The van der Waals surface area contributed by atoms with Gasteiger partial charge in [-0.15, -0.1) is 0 Å². The Morgan fingerprint density at radius 3 is 2.71 bits per heavy atom. The summed E-state index contributed by atoms with van der Waals surface area (Å²) in [6, 6.07) is 16.1. The molecule has 0 saturated carbocycles. The monoisotopic (exact) mass is 493 g/mol. The Hall–Kier alpha value is -3.92. The summed E-state index contributed by atoms with van der Waals surface area (Å²) in [4.78, 5) is 31.6. The number of hydrogen-bond acceptors (Lipinski definition) is 8. The minimum Gasteiger partial charge on any atom is -0.486 e. The molecule has 1 N–H and O–H groups in total. The van der Waals surface area contributed by atoms with E-state index in [0.29, 0.717) is 52.4 Å². The van der Waals surface area contributed by atoms with Gasteiger partial charge in [0.15, 0.2) is 29.1 Å². The van der Waals surface area contributed by atoms with Gasteiger partial charge in [-0.3, -0.25) is 9.59 Å². The first-order chi connectivity index (χ1) is 17.1. The average molecular weight is 494 g/mol. The Labute approximate surface area is 206 Å². The van der Waals surface area contributed by atoms with Gasteiger partial charge in [0.1, 0.15) is 11.6 Å². The Balaban J connectivity index is 1.18. The van der Waals surface area contributed by atoms with Crippen molar-refractivity contribution in [2.45, 2.75) is 11.1 Å². The molecule has 0 aliphatic carbocycles. The van der Waals surface area contributed by atoms with Crippen LogP contribution in [0.3, 0.4) is 0 Å². The lowest BCUT2D eigenvalue weighted by molar-refractivity contribution is -0.113. The van der Waals surface area contributed by atoms with Crippen molar-refractivity contribution in [3.8, 4) is 23.0 Å². The zero-order valence-electron chi connectivity index (χ0n) is 18.9. The molecule has 0 spiro atoms. The molecule has 0 radical (unpaired) electrons. The molecule has 35 heavy (non-hydrogen) atoms. The number of amides is 2. The van der Waals surface area contributed by atoms with Crippen LogP contribution in [-0.2, 0) is 4.79 Å². The summed E-state index contributed by atoms with van der Waals surface area (Å²) in [7, 11) is 1.71. The van der Waals surface area contributed by atoms with Gasteiger partial charge in [-0.2, -0.15) is 0 Å². The number of para-hydroxylation sites is 2. The summed E-state index contributed by atoms with van der Waals surface area (Å²) in [5.74, 6) is 2.25. The smallest absolute Gasteiger partial charge is 0.256 e. The SMILES string of the molecule is CN(CC1COc2ccccc2O1)C(=O)c1cccnc1SCC(=O)Nc1ccc2c(c1)OCO2. The van der Waals surface area contributed by atoms with Crippen LogP contribution in [0.15, 0.2) is 65.8 Å². The first-order valence-corrected chi connectivity index (χ1v) is 12.0. The van der Waals surface area contributed by atoms with Crippen molar-refractivity contribution in [2.24, 2.45) is 0 Å². The summed E-state index contributed by atoms with van der Waals surface area (Å²) < 4.78 is 22.3. The predicted molar refractivity (Wildman–Crippen MR) is 129 cm³/mol. The van der Waals surface area contributed by atoms with Gasteiger partial charge in [0.05, 0.1) is 17.9 Å². The molecule has 9 nitrogen and oxygen atoms in total. The number of thioether (sulfide) groups is 1. The number of hydrogen-bond donors (Lipinski definition) is 1. The largest absolute Gasteiger partial charge is 0.486 e. The standard InChI is InChI=1S/C25H23N3O6S/c1-28(12-17-13-31-19-6-2-3-7-21(19)34-17)25(30)18-5-4-10-26-24(18)35-14-23(29)27-16-8-9-20-22(11-16)33-15-32-20/h2-11,17H,12-15H2,1H3,(H,27,29). The van der Waals surface area contributed by atoms with Gasteiger partial charge in [0, 0.05) is 25.0 Å². The average Bonchev–Trinajstić information content (AvgIpc) is 3.35. The maximum absolute atomic E-state index is 13.2. The van der Waals surface area contributed by atoms with Crippen molar-refractivity contribution in [1.29, 1.82) is 0 Å². The maximum Gasteiger partial charge on any atom is 0.256 e. The molecule has 1 unspecified atom stereocenters. The van der Waals surface area contributed by atoms with Crippen molar-refractivity contribution < 1.29 is 28.5 Å².